The molecule has 1 N–H and O–H groups in total. The molecule has 0 aliphatic rings. The van der Waals surface area contributed by atoms with Gasteiger partial charge in [-0.15, -0.1) is 0 Å². The molecule has 1 unspecified atom stereocenters. The number of benzene rings is 1. The van der Waals surface area contributed by atoms with Gasteiger partial charge in [0.1, 0.15) is 0 Å². The number of hydrogen-bond donors (Lipinski definition) is 1. The Balaban J connectivity index is 2.06. The van der Waals surface area contributed by atoms with Gasteiger partial charge in [-0.25, -0.2) is 0 Å². The van der Waals surface area contributed by atoms with Crippen molar-refractivity contribution in [1.82, 2.24) is 5.32 Å². The van der Waals surface area contributed by atoms with Crippen molar-refractivity contribution in [1.29, 1.82) is 0 Å². The zero-order valence-electron chi connectivity index (χ0n) is 11.9. The maximum Gasteiger partial charge on any atom is 0.0934 e. The van der Waals surface area contributed by atoms with Crippen LogP contribution in [0.5, 0.6) is 0 Å². The van der Waals surface area contributed by atoms with Gasteiger partial charge >= 0.3 is 0 Å². The first kappa shape index (κ1) is 13.9. The Morgan fingerprint density at radius 2 is 1.95 bits per heavy atom. The first-order chi connectivity index (χ1) is 9.29. The molecule has 1 atom stereocenters. The van der Waals surface area contributed by atoms with Crippen molar-refractivity contribution in [2.75, 3.05) is 13.1 Å². The summed E-state index contributed by atoms with van der Waals surface area (Å²) in [5, 5.41) is 3.53. The molecule has 2 rings (SSSR count). The molecule has 1 heterocycles. The van der Waals surface area contributed by atoms with Crippen LogP contribution in [0.4, 0.5) is 0 Å². The Kier molecular flexibility index (Phi) is 5.22. The largest absolute Gasteiger partial charge is 0.472 e. The van der Waals surface area contributed by atoms with Gasteiger partial charge in [0.15, 0.2) is 0 Å². The zero-order valence-corrected chi connectivity index (χ0v) is 11.9. The monoisotopic (exact) mass is 257 g/mol. The number of furan rings is 1. The van der Waals surface area contributed by atoms with E-state index in [4.69, 9.17) is 4.42 Å². The zero-order chi connectivity index (χ0) is 13.5. The fraction of sp³-hybridized carbons (Fsp3) is 0.412. The third kappa shape index (κ3) is 4.25. The van der Waals surface area contributed by atoms with Gasteiger partial charge in [0.25, 0.3) is 0 Å². The summed E-state index contributed by atoms with van der Waals surface area (Å²) >= 11 is 0. The van der Waals surface area contributed by atoms with Crippen molar-refractivity contribution in [2.45, 2.75) is 32.6 Å². The fourth-order valence-corrected chi connectivity index (χ4v) is 2.29. The second kappa shape index (κ2) is 7.15. The Morgan fingerprint density at radius 3 is 2.58 bits per heavy atom. The minimum absolute atomic E-state index is 0.504. The molecule has 0 aliphatic carbocycles. The van der Waals surface area contributed by atoms with E-state index in [9.17, 15) is 0 Å². The molecular weight excluding hydrogens is 234 g/mol. The maximum atomic E-state index is 5.18. The lowest BCUT2D eigenvalue weighted by Crippen LogP contribution is -2.23. The Labute approximate surface area is 115 Å². The molecular formula is C17H23NO. The lowest BCUT2D eigenvalue weighted by molar-refractivity contribution is 0.551. The molecule has 0 spiro atoms. The number of rotatable bonds is 7. The van der Waals surface area contributed by atoms with Gasteiger partial charge in [-0.05, 0) is 43.5 Å². The van der Waals surface area contributed by atoms with Gasteiger partial charge in [-0.3, -0.25) is 0 Å². The molecule has 2 nitrogen and oxygen atoms in total. The van der Waals surface area contributed by atoms with Gasteiger partial charge in [0.2, 0.25) is 0 Å². The smallest absolute Gasteiger partial charge is 0.0934 e. The topological polar surface area (TPSA) is 25.2 Å². The van der Waals surface area contributed by atoms with Gasteiger partial charge in [0.05, 0.1) is 12.5 Å². The van der Waals surface area contributed by atoms with E-state index in [2.05, 4.69) is 49.5 Å². The van der Waals surface area contributed by atoms with E-state index in [-0.39, 0.29) is 0 Å². The maximum absolute atomic E-state index is 5.18. The van der Waals surface area contributed by atoms with Gasteiger partial charge in [-0.1, -0.05) is 36.8 Å². The molecule has 0 saturated heterocycles. The molecule has 1 aromatic heterocycles. The van der Waals surface area contributed by atoms with Crippen molar-refractivity contribution >= 4 is 0 Å². The summed E-state index contributed by atoms with van der Waals surface area (Å²) in [5.41, 5.74) is 3.98. The molecule has 102 valence electrons. The highest BCUT2D eigenvalue weighted by atomic mass is 16.3. The summed E-state index contributed by atoms with van der Waals surface area (Å²) < 4.78 is 5.18. The molecule has 2 aromatic rings. The second-order valence-corrected chi connectivity index (χ2v) is 5.15. The number of hydrogen-bond acceptors (Lipinski definition) is 2. The third-order valence-corrected chi connectivity index (χ3v) is 3.43. The molecule has 0 radical (unpaired) electrons. The predicted octanol–water partition coefficient (Wildman–Crippen LogP) is 3.91. The summed E-state index contributed by atoms with van der Waals surface area (Å²) in [6, 6.07) is 10.9. The molecule has 1 aromatic carbocycles. The minimum atomic E-state index is 0.504. The van der Waals surface area contributed by atoms with Crippen LogP contribution in [0.1, 0.15) is 36.0 Å². The summed E-state index contributed by atoms with van der Waals surface area (Å²) in [5.74, 6) is 0.504. The van der Waals surface area contributed by atoms with Crippen LogP contribution < -0.4 is 5.32 Å². The van der Waals surface area contributed by atoms with E-state index < -0.39 is 0 Å². The fourth-order valence-electron chi connectivity index (χ4n) is 2.29. The molecule has 0 bridgehead atoms. The van der Waals surface area contributed by atoms with Crippen molar-refractivity contribution in [3.05, 3.63) is 59.5 Å². The van der Waals surface area contributed by atoms with Crippen molar-refractivity contribution in [2.24, 2.45) is 0 Å². The minimum Gasteiger partial charge on any atom is -0.472 e. The number of nitrogens with one attached hydrogen (secondary N) is 1. The third-order valence-electron chi connectivity index (χ3n) is 3.43. The van der Waals surface area contributed by atoms with Crippen LogP contribution in [0.3, 0.4) is 0 Å². The average Bonchev–Trinajstić information content (AvgIpc) is 2.92. The van der Waals surface area contributed by atoms with Crippen molar-refractivity contribution in [3.8, 4) is 0 Å². The van der Waals surface area contributed by atoms with E-state index >= 15 is 0 Å². The number of aryl methyl sites for hydroxylation is 1. The molecule has 19 heavy (non-hydrogen) atoms. The highest BCUT2D eigenvalue weighted by Gasteiger charge is 2.12. The summed E-state index contributed by atoms with van der Waals surface area (Å²) in [7, 11) is 0. The highest BCUT2D eigenvalue weighted by molar-refractivity contribution is 5.26. The van der Waals surface area contributed by atoms with E-state index in [1.54, 1.807) is 6.26 Å². The molecule has 0 aliphatic heterocycles. The first-order valence-corrected chi connectivity index (χ1v) is 7.08. The van der Waals surface area contributed by atoms with E-state index in [1.165, 1.54) is 23.1 Å². The van der Waals surface area contributed by atoms with Crippen LogP contribution in [0.25, 0.3) is 0 Å². The lowest BCUT2D eigenvalue weighted by atomic mass is 9.92. The predicted molar refractivity (Wildman–Crippen MR) is 79.5 cm³/mol. The quantitative estimate of drug-likeness (QED) is 0.761. The van der Waals surface area contributed by atoms with Crippen LogP contribution in [-0.2, 0) is 6.42 Å². The van der Waals surface area contributed by atoms with Crippen LogP contribution >= 0.6 is 0 Å². The van der Waals surface area contributed by atoms with Crippen LogP contribution in [0, 0.1) is 6.92 Å². The van der Waals surface area contributed by atoms with Gasteiger partial charge in [-0.2, -0.15) is 0 Å². The van der Waals surface area contributed by atoms with E-state index in [0.29, 0.717) is 5.92 Å². The first-order valence-electron chi connectivity index (χ1n) is 7.08. The standard InChI is InChI=1S/C17H23NO/c1-3-9-18-12-17(11-15-8-10-19-13-15)16-6-4-14(2)5-7-16/h4-8,10,13,17-18H,3,9,11-12H2,1-2H3. The lowest BCUT2D eigenvalue weighted by Gasteiger charge is -2.17. The van der Waals surface area contributed by atoms with Crippen LogP contribution in [0.2, 0.25) is 0 Å². The van der Waals surface area contributed by atoms with Crippen LogP contribution in [0.15, 0.2) is 47.3 Å². The normalized spacial score (nSPS) is 12.5. The van der Waals surface area contributed by atoms with Gasteiger partial charge in [0, 0.05) is 12.5 Å². The SMILES string of the molecule is CCCNCC(Cc1ccoc1)c1ccc(C)cc1. The van der Waals surface area contributed by atoms with Gasteiger partial charge < -0.3 is 9.73 Å². The van der Waals surface area contributed by atoms with E-state index in [0.717, 1.165) is 19.5 Å². The summed E-state index contributed by atoms with van der Waals surface area (Å²) in [6.45, 7) is 6.42. The van der Waals surface area contributed by atoms with E-state index in [1.807, 2.05) is 6.26 Å². The molecule has 0 fully saturated rings. The average molecular weight is 257 g/mol. The highest BCUT2D eigenvalue weighted by Crippen LogP contribution is 2.21. The molecule has 0 saturated carbocycles. The van der Waals surface area contributed by atoms with Crippen LogP contribution in [-0.4, -0.2) is 13.1 Å². The Bertz CT molecular complexity index is 459. The molecule has 0 amide bonds. The summed E-state index contributed by atoms with van der Waals surface area (Å²) in [4.78, 5) is 0. The van der Waals surface area contributed by atoms with Crippen molar-refractivity contribution < 1.29 is 4.42 Å². The molecule has 2 heteroatoms. The Hall–Kier alpha value is -1.54. The summed E-state index contributed by atoms with van der Waals surface area (Å²) in [6.07, 6.45) is 5.80. The Morgan fingerprint density at radius 1 is 1.16 bits per heavy atom. The van der Waals surface area contributed by atoms with Crippen molar-refractivity contribution in [3.63, 3.8) is 0 Å². The second-order valence-electron chi connectivity index (χ2n) is 5.15.